The molecule has 0 unspecified atom stereocenters. The van der Waals surface area contributed by atoms with Gasteiger partial charge in [0, 0.05) is 10.9 Å². The van der Waals surface area contributed by atoms with E-state index in [1.165, 1.54) is 0 Å². The Morgan fingerprint density at radius 1 is 1.13 bits per heavy atom. The van der Waals surface area contributed by atoms with Crippen molar-refractivity contribution in [1.29, 1.82) is 0 Å². The van der Waals surface area contributed by atoms with Gasteiger partial charge in [-0.05, 0) is 12.1 Å². The number of hydrogen-bond donors (Lipinski definition) is 3. The number of anilines is 2. The normalized spacial score (nSPS) is 11.3. The van der Waals surface area contributed by atoms with E-state index in [1.807, 2.05) is 18.2 Å². The number of nitrogens with two attached hydrogens (primary N) is 2. The second-order valence-electron chi connectivity index (χ2n) is 6.36. The molecule has 0 bridgehead atoms. The summed E-state index contributed by atoms with van der Waals surface area (Å²) in [6.45, 7) is 6.52. The molecular weight excluding hydrogens is 304 g/mol. The van der Waals surface area contributed by atoms with Crippen LogP contribution in [0.25, 0.3) is 22.2 Å². The van der Waals surface area contributed by atoms with Gasteiger partial charge in [0.1, 0.15) is 13.9 Å². The number of rotatable bonds is 1. The highest BCUT2D eigenvalue weighted by molar-refractivity contribution is 6.83. The van der Waals surface area contributed by atoms with E-state index < -0.39 is 8.07 Å². The van der Waals surface area contributed by atoms with Crippen LogP contribution in [0.15, 0.2) is 24.4 Å². The average Bonchev–Trinajstić information content (AvgIpc) is 2.91. The smallest absolute Gasteiger partial charge is 0.222 e. The molecule has 0 aliphatic carbocycles. The number of hydrogen-bond acceptors (Lipinski definition) is 5. The number of aromatic amines is 1. The predicted octanol–water partition coefficient (Wildman–Crippen LogP) is 2.41. The van der Waals surface area contributed by atoms with Crippen LogP contribution < -0.4 is 11.5 Å². The lowest BCUT2D eigenvalue weighted by molar-refractivity contribution is 1.12. The first-order chi connectivity index (χ1) is 10.8. The summed E-state index contributed by atoms with van der Waals surface area (Å²) in [6.07, 6.45) is 1.76. The zero-order chi connectivity index (χ0) is 16.6. The summed E-state index contributed by atoms with van der Waals surface area (Å²) in [7, 11) is -1.55. The van der Waals surface area contributed by atoms with Gasteiger partial charge in [0.15, 0.2) is 0 Å². The van der Waals surface area contributed by atoms with Crippen molar-refractivity contribution in [3.8, 4) is 22.7 Å². The SMILES string of the molecule is C[Si](C)(C)C#Cc1c(N)nc(N)nc1-c1ccc2[nH]ncc2c1. The second kappa shape index (κ2) is 5.41. The number of nitrogens with zero attached hydrogens (tertiary/aromatic N) is 3. The van der Waals surface area contributed by atoms with Crippen LogP contribution in [0.2, 0.25) is 19.6 Å². The number of H-pyrrole nitrogens is 1. The molecule has 0 radical (unpaired) electrons. The number of aromatic nitrogens is 4. The van der Waals surface area contributed by atoms with Crippen LogP contribution in [0.3, 0.4) is 0 Å². The van der Waals surface area contributed by atoms with Crippen molar-refractivity contribution in [3.63, 3.8) is 0 Å². The van der Waals surface area contributed by atoms with Gasteiger partial charge in [-0.3, -0.25) is 5.10 Å². The van der Waals surface area contributed by atoms with Crippen LogP contribution >= 0.6 is 0 Å². The summed E-state index contributed by atoms with van der Waals surface area (Å²) in [4.78, 5) is 8.42. The monoisotopic (exact) mass is 322 g/mol. The van der Waals surface area contributed by atoms with Crippen LogP contribution in [0.4, 0.5) is 11.8 Å². The van der Waals surface area contributed by atoms with Crippen molar-refractivity contribution in [3.05, 3.63) is 30.0 Å². The van der Waals surface area contributed by atoms with Gasteiger partial charge in [0.25, 0.3) is 0 Å². The molecule has 3 aromatic rings. The number of nitrogens with one attached hydrogen (secondary N) is 1. The summed E-state index contributed by atoms with van der Waals surface area (Å²) in [5.74, 6) is 3.62. The fourth-order valence-electron chi connectivity index (χ4n) is 2.17. The molecule has 0 aliphatic heterocycles. The van der Waals surface area contributed by atoms with E-state index in [4.69, 9.17) is 11.5 Å². The molecule has 0 aliphatic rings. The molecule has 0 saturated heterocycles. The molecule has 2 heterocycles. The fraction of sp³-hybridized carbons (Fsp3) is 0.188. The summed E-state index contributed by atoms with van der Waals surface area (Å²) >= 11 is 0. The van der Waals surface area contributed by atoms with Crippen LogP contribution in [0.5, 0.6) is 0 Å². The topological polar surface area (TPSA) is 106 Å². The lowest BCUT2D eigenvalue weighted by Gasteiger charge is -2.09. The highest BCUT2D eigenvalue weighted by Gasteiger charge is 2.14. The summed E-state index contributed by atoms with van der Waals surface area (Å²) in [6, 6.07) is 5.88. The number of fused-ring (bicyclic) bond motifs is 1. The molecule has 0 fully saturated rings. The van der Waals surface area contributed by atoms with E-state index in [2.05, 4.69) is 51.3 Å². The molecule has 0 saturated carbocycles. The first-order valence-corrected chi connectivity index (χ1v) is 10.7. The summed E-state index contributed by atoms with van der Waals surface area (Å²) in [5.41, 5.74) is 18.3. The van der Waals surface area contributed by atoms with Gasteiger partial charge < -0.3 is 11.5 Å². The summed E-state index contributed by atoms with van der Waals surface area (Å²) in [5, 5.41) is 7.95. The molecule has 0 spiro atoms. The zero-order valence-corrected chi connectivity index (χ0v) is 14.3. The quantitative estimate of drug-likeness (QED) is 0.471. The minimum Gasteiger partial charge on any atom is -0.382 e. The third-order valence-corrected chi connectivity index (χ3v) is 4.11. The maximum Gasteiger partial charge on any atom is 0.222 e. The largest absolute Gasteiger partial charge is 0.382 e. The lowest BCUT2D eigenvalue weighted by atomic mass is 10.1. The van der Waals surface area contributed by atoms with Gasteiger partial charge in [0.05, 0.1) is 23.0 Å². The van der Waals surface area contributed by atoms with E-state index in [-0.39, 0.29) is 5.95 Å². The molecule has 5 N–H and O–H groups in total. The fourth-order valence-corrected chi connectivity index (χ4v) is 2.67. The first-order valence-electron chi connectivity index (χ1n) is 7.23. The standard InChI is InChI=1S/C16H18N6Si/c1-23(2,3)7-6-12-14(20-16(18)21-15(12)17)10-4-5-13-11(8-10)9-19-22-13/h4-5,8-9H,1-3H3,(H,19,22)(H4,17,18,20,21). The molecule has 116 valence electrons. The maximum absolute atomic E-state index is 6.04. The highest BCUT2D eigenvalue weighted by Crippen LogP contribution is 2.27. The van der Waals surface area contributed by atoms with E-state index in [0.29, 0.717) is 17.1 Å². The van der Waals surface area contributed by atoms with E-state index in [0.717, 1.165) is 16.5 Å². The van der Waals surface area contributed by atoms with Gasteiger partial charge in [-0.25, -0.2) is 4.98 Å². The molecule has 6 nitrogen and oxygen atoms in total. The van der Waals surface area contributed by atoms with Gasteiger partial charge in [0.2, 0.25) is 5.95 Å². The van der Waals surface area contributed by atoms with Crippen molar-refractivity contribution >= 4 is 30.7 Å². The van der Waals surface area contributed by atoms with Gasteiger partial charge >= 0.3 is 0 Å². The van der Waals surface area contributed by atoms with Crippen molar-refractivity contribution in [2.45, 2.75) is 19.6 Å². The molecule has 2 aromatic heterocycles. The Labute approximate surface area is 135 Å². The van der Waals surface area contributed by atoms with Crippen LogP contribution in [0, 0.1) is 11.5 Å². The van der Waals surface area contributed by atoms with E-state index in [9.17, 15) is 0 Å². The van der Waals surface area contributed by atoms with Crippen LogP contribution in [-0.2, 0) is 0 Å². The second-order valence-corrected chi connectivity index (χ2v) is 11.1. The minimum atomic E-state index is -1.55. The van der Waals surface area contributed by atoms with E-state index in [1.54, 1.807) is 6.20 Å². The number of benzene rings is 1. The molecule has 0 atom stereocenters. The Balaban J connectivity index is 2.22. The van der Waals surface area contributed by atoms with E-state index >= 15 is 0 Å². The van der Waals surface area contributed by atoms with Gasteiger partial charge in [-0.15, -0.1) is 5.54 Å². The lowest BCUT2D eigenvalue weighted by Crippen LogP contribution is -2.16. The highest BCUT2D eigenvalue weighted by atomic mass is 28.3. The Morgan fingerprint density at radius 3 is 2.65 bits per heavy atom. The average molecular weight is 322 g/mol. The summed E-state index contributed by atoms with van der Waals surface area (Å²) < 4.78 is 0. The molecule has 0 amide bonds. The van der Waals surface area contributed by atoms with Gasteiger partial charge in [-0.1, -0.05) is 31.6 Å². The molecule has 7 heteroatoms. The Hall–Kier alpha value is -2.85. The third-order valence-electron chi connectivity index (χ3n) is 3.23. The first kappa shape index (κ1) is 15.1. The molecule has 1 aromatic carbocycles. The minimum absolute atomic E-state index is 0.142. The van der Waals surface area contributed by atoms with Crippen LogP contribution in [0.1, 0.15) is 5.56 Å². The Kier molecular flexibility index (Phi) is 3.54. The molecule has 3 rings (SSSR count). The van der Waals surface area contributed by atoms with Crippen molar-refractivity contribution in [2.24, 2.45) is 0 Å². The Bertz CT molecular complexity index is 943. The van der Waals surface area contributed by atoms with Gasteiger partial charge in [-0.2, -0.15) is 10.1 Å². The van der Waals surface area contributed by atoms with Crippen molar-refractivity contribution in [1.82, 2.24) is 20.2 Å². The zero-order valence-electron chi connectivity index (χ0n) is 13.3. The molecular formula is C16H18N6Si. The third kappa shape index (κ3) is 3.17. The van der Waals surface area contributed by atoms with Crippen molar-refractivity contribution in [2.75, 3.05) is 11.5 Å². The number of nitrogen functional groups attached to an aromatic ring is 2. The van der Waals surface area contributed by atoms with Crippen molar-refractivity contribution < 1.29 is 0 Å². The predicted molar refractivity (Wildman–Crippen MR) is 96.2 cm³/mol. The Morgan fingerprint density at radius 2 is 1.91 bits per heavy atom. The maximum atomic E-state index is 6.04. The molecule has 23 heavy (non-hydrogen) atoms. The van der Waals surface area contributed by atoms with Crippen LogP contribution in [-0.4, -0.2) is 28.2 Å².